The average molecular weight is 783 g/mol. The largest absolute Gasteiger partial charge is 0.530 e. The lowest BCUT2D eigenvalue weighted by molar-refractivity contribution is -0.0130. The van der Waals surface area contributed by atoms with Crippen molar-refractivity contribution in [1.29, 1.82) is 0 Å². The van der Waals surface area contributed by atoms with E-state index in [0.717, 1.165) is 0 Å². The molecule has 4 aromatic rings. The molecule has 8 rings (SSSR count). The Balaban J connectivity index is 0.949. The van der Waals surface area contributed by atoms with Gasteiger partial charge in [-0.3, -0.25) is 46.8 Å². The lowest BCUT2D eigenvalue weighted by Gasteiger charge is -2.29. The number of phosphoric acid groups is 2. The normalized spacial score (nSPS) is 26.9. The molecule has 4 aliphatic rings. The van der Waals surface area contributed by atoms with Gasteiger partial charge in [-0.05, 0) is 26.0 Å². The summed E-state index contributed by atoms with van der Waals surface area (Å²) in [6.07, 6.45) is 6.15. The predicted molar refractivity (Wildman–Crippen MR) is 188 cm³/mol. The van der Waals surface area contributed by atoms with Crippen molar-refractivity contribution in [3.63, 3.8) is 0 Å². The van der Waals surface area contributed by atoms with E-state index in [1.165, 1.54) is 21.5 Å². The first-order valence-corrected chi connectivity index (χ1v) is 19.5. The standard InChI is InChI=1S/C34H32N4O14P2/c1-19-13-37(33(41)35-31(19)39)27-11-9-23(49-27)17-47-53(43)45-15-21-5-3-7-25(29(21)51-53)26-8-4-6-22-16-46-54(44,52-30(22)26)48-18-24-10-12-28(50-24)38-14-20(2)32(40)36-34(38)42/h3-14,23-24,27-28H,15-18H2,1-2H3,(H,35,39,41)(H,36,40,42)/t23-,24+,27+,28-,53?,54?. The quantitative estimate of drug-likeness (QED) is 0.181. The van der Waals surface area contributed by atoms with Crippen LogP contribution >= 0.6 is 15.6 Å². The van der Waals surface area contributed by atoms with Crippen LogP contribution in [0.1, 0.15) is 34.7 Å². The number of hydrogen-bond donors (Lipinski definition) is 2. The molecule has 0 saturated heterocycles. The molecule has 6 heterocycles. The van der Waals surface area contributed by atoms with Crippen LogP contribution in [0.15, 0.2) is 92.3 Å². The van der Waals surface area contributed by atoms with Gasteiger partial charge in [0.15, 0.2) is 12.5 Å². The smallest absolute Gasteiger partial charge is 0.403 e. The second-order valence-electron chi connectivity index (χ2n) is 12.7. The third-order valence-electron chi connectivity index (χ3n) is 8.89. The molecule has 20 heteroatoms. The van der Waals surface area contributed by atoms with Gasteiger partial charge in [0.25, 0.3) is 11.1 Å². The maximum Gasteiger partial charge on any atom is 0.530 e. The number of ether oxygens (including phenoxy) is 2. The van der Waals surface area contributed by atoms with Crippen LogP contribution in [0.5, 0.6) is 11.5 Å². The van der Waals surface area contributed by atoms with E-state index in [1.54, 1.807) is 74.5 Å². The fourth-order valence-corrected chi connectivity index (χ4v) is 8.59. The summed E-state index contributed by atoms with van der Waals surface area (Å²) in [5, 5.41) is 0. The molecule has 0 aliphatic carbocycles. The Morgan fingerprint density at radius 2 is 1.09 bits per heavy atom. The number of rotatable bonds is 9. The van der Waals surface area contributed by atoms with E-state index < -0.39 is 62.8 Å². The van der Waals surface area contributed by atoms with Crippen LogP contribution in [-0.4, -0.2) is 44.5 Å². The number of fused-ring (bicyclic) bond motifs is 2. The predicted octanol–water partition coefficient (Wildman–Crippen LogP) is 4.05. The van der Waals surface area contributed by atoms with Crippen LogP contribution in [0.4, 0.5) is 0 Å². The fraction of sp³-hybridized carbons (Fsp3) is 0.294. The zero-order chi connectivity index (χ0) is 37.8. The molecule has 0 fully saturated rings. The highest BCUT2D eigenvalue weighted by Gasteiger charge is 2.40. The average Bonchev–Trinajstić information content (AvgIpc) is 3.83. The summed E-state index contributed by atoms with van der Waals surface area (Å²) in [5.41, 5.74) is 0.379. The second-order valence-corrected chi connectivity index (χ2v) is 15.8. The number of aromatic nitrogens is 4. The van der Waals surface area contributed by atoms with Gasteiger partial charge in [0, 0.05) is 45.8 Å². The van der Waals surface area contributed by atoms with Crippen molar-refractivity contribution in [3.05, 3.63) is 137 Å². The summed E-state index contributed by atoms with van der Waals surface area (Å²) < 4.78 is 76.0. The third-order valence-corrected chi connectivity index (χ3v) is 11.5. The monoisotopic (exact) mass is 782 g/mol. The van der Waals surface area contributed by atoms with E-state index in [2.05, 4.69) is 9.97 Å². The molecule has 2 aromatic heterocycles. The van der Waals surface area contributed by atoms with Gasteiger partial charge in [-0.25, -0.2) is 18.7 Å². The Kier molecular flexibility index (Phi) is 9.40. The first-order valence-electron chi connectivity index (χ1n) is 16.6. The molecule has 282 valence electrons. The van der Waals surface area contributed by atoms with Crippen LogP contribution in [0.2, 0.25) is 0 Å². The van der Waals surface area contributed by atoms with E-state index in [1.807, 2.05) is 0 Å². The molecule has 0 spiro atoms. The van der Waals surface area contributed by atoms with Gasteiger partial charge in [0.1, 0.15) is 23.7 Å². The highest BCUT2D eigenvalue weighted by Crippen LogP contribution is 2.60. The first-order chi connectivity index (χ1) is 25.9. The number of aryl methyl sites for hydroxylation is 2. The van der Waals surface area contributed by atoms with Crippen molar-refractivity contribution >= 4 is 15.6 Å². The van der Waals surface area contributed by atoms with Gasteiger partial charge in [0.05, 0.1) is 26.4 Å². The molecule has 4 aliphatic heterocycles. The van der Waals surface area contributed by atoms with Gasteiger partial charge >= 0.3 is 27.0 Å². The Labute approximate surface area is 304 Å². The van der Waals surface area contributed by atoms with Gasteiger partial charge in [0.2, 0.25) is 0 Å². The van der Waals surface area contributed by atoms with Crippen LogP contribution in [0.25, 0.3) is 11.1 Å². The Bertz CT molecular complexity index is 2380. The van der Waals surface area contributed by atoms with Crippen molar-refractivity contribution in [3.8, 4) is 22.6 Å². The number of phosphoric ester groups is 2. The SMILES string of the molecule is Cc1cn([C@@H]2C=C[C@H](COP3(=O)OCc4cccc(-c5cccc6c5OP(=O)(OC[C@@H]5C=C[C@H](n7cc(C)c(=O)[nH]c7=O)O5)OC6)c4O3)O2)c(=O)[nH]c1=O. The number of hydrogen-bond acceptors (Lipinski definition) is 14. The summed E-state index contributed by atoms with van der Waals surface area (Å²) in [7, 11) is -8.42. The second kappa shape index (κ2) is 14.1. The summed E-state index contributed by atoms with van der Waals surface area (Å²) in [6.45, 7) is 2.40. The Morgan fingerprint density at radius 1 is 0.667 bits per heavy atom. The summed E-state index contributed by atoms with van der Waals surface area (Å²) in [4.78, 5) is 52.6. The zero-order valence-corrected chi connectivity index (χ0v) is 30.4. The third kappa shape index (κ3) is 7.06. The van der Waals surface area contributed by atoms with Crippen molar-refractivity contribution < 1.29 is 45.7 Å². The topological polar surface area (TPSA) is 218 Å². The highest BCUT2D eigenvalue weighted by atomic mass is 31.2. The van der Waals surface area contributed by atoms with Crippen LogP contribution in [-0.2, 0) is 49.9 Å². The maximum atomic E-state index is 13.8. The van der Waals surface area contributed by atoms with E-state index in [9.17, 15) is 28.3 Å². The molecular weight excluding hydrogens is 750 g/mol. The Hall–Kier alpha value is -4.90. The van der Waals surface area contributed by atoms with E-state index in [4.69, 9.17) is 36.6 Å². The molecule has 0 radical (unpaired) electrons. The molecule has 0 amide bonds. The molecular formula is C34H32N4O14P2. The van der Waals surface area contributed by atoms with Gasteiger partial charge in [-0.15, -0.1) is 0 Å². The van der Waals surface area contributed by atoms with Gasteiger partial charge < -0.3 is 18.5 Å². The minimum atomic E-state index is -4.21. The van der Waals surface area contributed by atoms with E-state index in [0.29, 0.717) is 33.4 Å². The molecule has 54 heavy (non-hydrogen) atoms. The Morgan fingerprint density at radius 3 is 1.52 bits per heavy atom. The summed E-state index contributed by atoms with van der Waals surface area (Å²) in [5.74, 6) is 0.399. The van der Waals surface area contributed by atoms with Crippen molar-refractivity contribution in [2.75, 3.05) is 13.2 Å². The number of nitrogens with one attached hydrogen (secondary N) is 2. The van der Waals surface area contributed by atoms with Crippen LogP contribution in [0, 0.1) is 13.8 Å². The van der Waals surface area contributed by atoms with Crippen LogP contribution in [0.3, 0.4) is 0 Å². The fourth-order valence-electron chi connectivity index (χ4n) is 6.10. The lowest BCUT2D eigenvalue weighted by Crippen LogP contribution is -2.33. The van der Waals surface area contributed by atoms with Gasteiger partial charge in [-0.2, -0.15) is 0 Å². The molecule has 0 saturated carbocycles. The highest BCUT2D eigenvalue weighted by molar-refractivity contribution is 7.49. The minimum Gasteiger partial charge on any atom is -0.403 e. The molecule has 6 atom stereocenters. The van der Waals surface area contributed by atoms with Crippen molar-refractivity contribution in [2.24, 2.45) is 0 Å². The number of benzene rings is 2. The molecule has 0 bridgehead atoms. The van der Waals surface area contributed by atoms with Crippen LogP contribution < -0.4 is 31.5 Å². The minimum absolute atomic E-state index is 0.113. The molecule has 18 nitrogen and oxygen atoms in total. The number of H-pyrrole nitrogens is 2. The number of nitrogens with zero attached hydrogens (tertiary/aromatic N) is 2. The molecule has 2 aromatic carbocycles. The first kappa shape index (κ1) is 36.1. The molecule has 2 unspecified atom stereocenters. The summed E-state index contributed by atoms with van der Waals surface area (Å²) in [6, 6.07) is 10.4. The maximum absolute atomic E-state index is 13.8. The molecule has 2 N–H and O–H groups in total. The lowest BCUT2D eigenvalue weighted by atomic mass is 9.98. The van der Waals surface area contributed by atoms with E-state index in [-0.39, 0.29) is 37.9 Å². The van der Waals surface area contributed by atoms with Gasteiger partial charge in [-0.1, -0.05) is 48.6 Å². The van der Waals surface area contributed by atoms with E-state index >= 15 is 0 Å². The summed E-state index contributed by atoms with van der Waals surface area (Å²) >= 11 is 0. The van der Waals surface area contributed by atoms with Crippen molar-refractivity contribution in [1.82, 2.24) is 19.1 Å². The number of aromatic amines is 2. The number of para-hydroxylation sites is 2. The zero-order valence-electron chi connectivity index (χ0n) is 28.6. The van der Waals surface area contributed by atoms with Crippen molar-refractivity contribution in [2.45, 2.75) is 51.7 Å².